The van der Waals surface area contributed by atoms with Gasteiger partial charge in [0, 0.05) is 36.7 Å². The molecule has 2 aromatic carbocycles. The predicted molar refractivity (Wildman–Crippen MR) is 127 cm³/mol. The Balaban J connectivity index is 1.20. The highest BCUT2D eigenvalue weighted by atomic mass is 16.5. The first-order chi connectivity index (χ1) is 15.6. The van der Waals surface area contributed by atoms with E-state index in [2.05, 4.69) is 39.2 Å². The van der Waals surface area contributed by atoms with Crippen molar-refractivity contribution in [3.63, 3.8) is 0 Å². The van der Waals surface area contributed by atoms with Crippen molar-refractivity contribution in [2.75, 3.05) is 31.6 Å². The van der Waals surface area contributed by atoms with E-state index in [0.29, 0.717) is 13.1 Å². The Labute approximate surface area is 187 Å². The molecule has 0 bridgehead atoms. The van der Waals surface area contributed by atoms with Crippen molar-refractivity contribution in [2.45, 2.75) is 26.2 Å². The molecule has 1 amide bonds. The maximum Gasteiger partial charge on any atom is 0.224 e. The average molecular weight is 432 g/mol. The number of benzene rings is 2. The van der Waals surface area contributed by atoms with Crippen molar-refractivity contribution in [2.24, 2.45) is 5.92 Å². The number of aromatic nitrogens is 3. The van der Waals surface area contributed by atoms with Gasteiger partial charge in [0.25, 0.3) is 0 Å². The van der Waals surface area contributed by atoms with E-state index in [-0.39, 0.29) is 11.8 Å². The highest BCUT2D eigenvalue weighted by Gasteiger charge is 2.27. The Morgan fingerprint density at radius 2 is 2.16 bits per heavy atom. The molecule has 1 aliphatic heterocycles. The Morgan fingerprint density at radius 1 is 1.25 bits per heavy atom. The minimum atomic E-state index is -0.0261. The fraction of sp³-hybridized carbons (Fsp3) is 0.360. The zero-order valence-electron chi connectivity index (χ0n) is 18.6. The molecule has 0 saturated carbocycles. The Kier molecular flexibility index (Phi) is 5.47. The summed E-state index contributed by atoms with van der Waals surface area (Å²) < 4.78 is 5.34. The largest absolute Gasteiger partial charge is 0.497 e. The number of fused-ring (bicyclic) bond motifs is 2. The third kappa shape index (κ3) is 4.02. The van der Waals surface area contributed by atoms with Crippen LogP contribution in [-0.2, 0) is 11.2 Å². The van der Waals surface area contributed by atoms with Crippen LogP contribution in [0.5, 0.6) is 5.75 Å². The summed E-state index contributed by atoms with van der Waals surface area (Å²) in [4.78, 5) is 26.5. The fourth-order valence-corrected chi connectivity index (χ4v) is 4.60. The number of H-pyrrole nitrogens is 2. The van der Waals surface area contributed by atoms with Crippen molar-refractivity contribution < 1.29 is 9.53 Å². The number of aryl methyl sites for hydroxylation is 1. The van der Waals surface area contributed by atoms with Crippen LogP contribution in [0.4, 0.5) is 5.95 Å². The summed E-state index contributed by atoms with van der Waals surface area (Å²) in [5.74, 6) is 1.79. The molecule has 1 atom stereocenters. The number of imidazole rings is 1. The van der Waals surface area contributed by atoms with E-state index in [9.17, 15) is 4.79 Å². The number of amides is 1. The molecule has 2 aromatic heterocycles. The van der Waals surface area contributed by atoms with Crippen molar-refractivity contribution in [3.8, 4) is 5.75 Å². The second kappa shape index (κ2) is 8.57. The van der Waals surface area contributed by atoms with Gasteiger partial charge in [-0.3, -0.25) is 4.79 Å². The van der Waals surface area contributed by atoms with E-state index >= 15 is 0 Å². The summed E-state index contributed by atoms with van der Waals surface area (Å²) >= 11 is 0. The van der Waals surface area contributed by atoms with Gasteiger partial charge in [-0.2, -0.15) is 0 Å². The maximum atomic E-state index is 12.9. The van der Waals surface area contributed by atoms with E-state index < -0.39 is 0 Å². The average Bonchev–Trinajstić information content (AvgIpc) is 3.42. The van der Waals surface area contributed by atoms with Gasteiger partial charge in [0.1, 0.15) is 5.75 Å². The van der Waals surface area contributed by atoms with Crippen LogP contribution in [0.3, 0.4) is 0 Å². The normalized spacial score (nSPS) is 16.6. The third-order valence-corrected chi connectivity index (χ3v) is 6.38. The molecule has 1 fully saturated rings. The number of rotatable bonds is 6. The van der Waals surface area contributed by atoms with Crippen LogP contribution in [-0.4, -0.2) is 47.6 Å². The molecule has 0 spiro atoms. The molecule has 4 aromatic rings. The summed E-state index contributed by atoms with van der Waals surface area (Å²) in [6.07, 6.45) is 4.68. The van der Waals surface area contributed by atoms with Crippen LogP contribution < -0.4 is 15.0 Å². The Morgan fingerprint density at radius 3 is 3.03 bits per heavy atom. The second-order valence-electron chi connectivity index (χ2n) is 8.63. The number of ether oxygens (including phenoxy) is 1. The highest BCUT2D eigenvalue weighted by Crippen LogP contribution is 2.25. The number of hydrogen-bond donors (Lipinski definition) is 3. The van der Waals surface area contributed by atoms with E-state index in [0.717, 1.165) is 59.4 Å². The predicted octanol–water partition coefficient (Wildman–Crippen LogP) is 3.94. The number of aromatic amines is 2. The number of nitrogens with one attached hydrogen (secondary N) is 3. The first kappa shape index (κ1) is 20.4. The second-order valence-corrected chi connectivity index (χ2v) is 8.63. The molecule has 1 unspecified atom stereocenters. The molecular weight excluding hydrogens is 402 g/mol. The van der Waals surface area contributed by atoms with Crippen molar-refractivity contribution >= 4 is 33.8 Å². The smallest absolute Gasteiger partial charge is 0.224 e. The van der Waals surface area contributed by atoms with Gasteiger partial charge < -0.3 is 24.9 Å². The van der Waals surface area contributed by atoms with Crippen LogP contribution in [0.15, 0.2) is 42.6 Å². The lowest BCUT2D eigenvalue weighted by Crippen LogP contribution is -2.43. The molecule has 166 valence electrons. The van der Waals surface area contributed by atoms with Crippen LogP contribution in [0.1, 0.15) is 24.0 Å². The molecule has 7 heteroatoms. The summed E-state index contributed by atoms with van der Waals surface area (Å²) in [6.45, 7) is 4.30. The maximum absolute atomic E-state index is 12.9. The molecule has 5 rings (SSSR count). The van der Waals surface area contributed by atoms with Crippen LogP contribution >= 0.6 is 0 Å². The standard InChI is InChI=1S/C25H29N5O2/c1-16-5-7-22-23(12-16)29-25(28-22)30-11-3-4-18(15-30)24(31)26-10-9-17-14-27-21-8-6-19(32-2)13-20(17)21/h5-8,12-14,18,27H,3-4,9-11,15H2,1-2H3,(H,26,31)(H,28,29). The van der Waals surface area contributed by atoms with Crippen molar-refractivity contribution in [3.05, 3.63) is 53.7 Å². The molecule has 3 N–H and O–H groups in total. The number of carbonyl (C=O) groups is 1. The lowest BCUT2D eigenvalue weighted by atomic mass is 9.97. The molecular formula is C25H29N5O2. The van der Waals surface area contributed by atoms with Gasteiger partial charge in [-0.1, -0.05) is 6.07 Å². The minimum absolute atomic E-state index is 0.0261. The van der Waals surface area contributed by atoms with Crippen molar-refractivity contribution in [1.82, 2.24) is 20.3 Å². The zero-order chi connectivity index (χ0) is 22.1. The van der Waals surface area contributed by atoms with Gasteiger partial charge in [0.05, 0.1) is 24.1 Å². The zero-order valence-corrected chi connectivity index (χ0v) is 18.6. The summed E-state index contributed by atoms with van der Waals surface area (Å²) in [7, 11) is 1.67. The molecule has 0 radical (unpaired) electrons. The lowest BCUT2D eigenvalue weighted by Gasteiger charge is -2.31. The number of anilines is 1. The van der Waals surface area contributed by atoms with Crippen LogP contribution in [0, 0.1) is 12.8 Å². The van der Waals surface area contributed by atoms with Gasteiger partial charge in [-0.25, -0.2) is 4.98 Å². The van der Waals surface area contributed by atoms with Gasteiger partial charge in [0.15, 0.2) is 0 Å². The SMILES string of the molecule is COc1ccc2[nH]cc(CCNC(=O)C3CCCN(c4nc5ccc(C)cc5[nH]4)C3)c2c1. The topological polar surface area (TPSA) is 86.0 Å². The van der Waals surface area contributed by atoms with Gasteiger partial charge in [-0.05, 0) is 67.6 Å². The van der Waals surface area contributed by atoms with E-state index in [1.165, 1.54) is 11.1 Å². The number of piperidine rings is 1. The van der Waals surface area contributed by atoms with E-state index in [1.54, 1.807) is 7.11 Å². The summed E-state index contributed by atoms with van der Waals surface area (Å²) in [6, 6.07) is 12.2. The van der Waals surface area contributed by atoms with E-state index in [4.69, 9.17) is 9.72 Å². The monoisotopic (exact) mass is 431 g/mol. The molecule has 7 nitrogen and oxygen atoms in total. The van der Waals surface area contributed by atoms with Crippen LogP contribution in [0.25, 0.3) is 21.9 Å². The first-order valence-electron chi connectivity index (χ1n) is 11.2. The minimum Gasteiger partial charge on any atom is -0.497 e. The van der Waals surface area contributed by atoms with Crippen LogP contribution in [0.2, 0.25) is 0 Å². The first-order valence-corrected chi connectivity index (χ1v) is 11.2. The number of hydrogen-bond acceptors (Lipinski definition) is 4. The summed E-state index contributed by atoms with van der Waals surface area (Å²) in [5, 5.41) is 4.29. The van der Waals surface area contributed by atoms with Crippen molar-refractivity contribution in [1.29, 1.82) is 0 Å². The Hall–Kier alpha value is -3.48. The van der Waals surface area contributed by atoms with Gasteiger partial charge >= 0.3 is 0 Å². The Bertz CT molecular complexity index is 1260. The number of carbonyl (C=O) groups excluding carboxylic acids is 1. The lowest BCUT2D eigenvalue weighted by molar-refractivity contribution is -0.125. The third-order valence-electron chi connectivity index (χ3n) is 6.38. The number of nitrogens with zero attached hydrogens (tertiary/aromatic N) is 2. The molecule has 1 saturated heterocycles. The highest BCUT2D eigenvalue weighted by molar-refractivity contribution is 5.85. The molecule has 0 aliphatic carbocycles. The fourth-order valence-electron chi connectivity index (χ4n) is 4.60. The van der Waals surface area contributed by atoms with E-state index in [1.807, 2.05) is 30.5 Å². The summed E-state index contributed by atoms with van der Waals surface area (Å²) in [5.41, 5.74) is 5.48. The quantitative estimate of drug-likeness (QED) is 0.432. The number of methoxy groups -OCH3 is 1. The van der Waals surface area contributed by atoms with Gasteiger partial charge in [0.2, 0.25) is 11.9 Å². The molecule has 32 heavy (non-hydrogen) atoms. The molecule has 3 heterocycles. The van der Waals surface area contributed by atoms with Gasteiger partial charge in [-0.15, -0.1) is 0 Å². The molecule has 1 aliphatic rings.